The van der Waals surface area contributed by atoms with Crippen LogP contribution in [-0.4, -0.2) is 47.7 Å². The molecular weight excluding hydrogens is 477 g/mol. The zero-order valence-electron chi connectivity index (χ0n) is 19.8. The number of aliphatic hydroxyl groups excluding tert-OH is 1. The molecule has 0 radical (unpaired) electrons. The molecule has 1 aliphatic rings. The van der Waals surface area contributed by atoms with Crippen molar-refractivity contribution in [2.75, 3.05) is 37.1 Å². The molecule has 1 aromatic carbocycles. The fourth-order valence-corrected chi connectivity index (χ4v) is 5.91. The molecule has 186 valence electrons. The number of rotatable bonds is 11. The van der Waals surface area contributed by atoms with Crippen molar-refractivity contribution in [2.24, 2.45) is 5.92 Å². The van der Waals surface area contributed by atoms with Gasteiger partial charge in [0.2, 0.25) is 0 Å². The molecule has 0 aliphatic heterocycles. The topological polar surface area (TPSA) is 83.9 Å². The Morgan fingerprint density at radius 2 is 2.12 bits per heavy atom. The maximum absolute atomic E-state index is 15.1. The highest BCUT2D eigenvalue weighted by Crippen LogP contribution is 2.40. The number of nitrogens with one attached hydrogen (secondary N) is 1. The standard InChI is InChI=1S/C24H32FN3O4S2/c1-16(29)24(2,3)34-21-14-26-22(33-21)27-23(30)28(15-17-7-5-6-8-17)20-10-9-18(13-19(20)25)32-12-11-31-4/h9-10,13-14,17,29H,1,5-8,11-12,15H2,2-4H3,(H,26,27,30). The molecule has 2 amide bonds. The fourth-order valence-electron chi connectivity index (χ4n) is 3.61. The second-order valence-electron chi connectivity index (χ2n) is 8.69. The molecule has 0 unspecified atom stereocenters. The minimum absolute atomic E-state index is 0.0596. The molecule has 2 aromatic rings. The average molecular weight is 510 g/mol. The van der Waals surface area contributed by atoms with Crippen LogP contribution in [-0.2, 0) is 4.74 Å². The number of thioether (sulfide) groups is 1. The van der Waals surface area contributed by atoms with Gasteiger partial charge in [0.25, 0.3) is 0 Å². The first-order chi connectivity index (χ1) is 16.2. The smallest absolute Gasteiger partial charge is 0.328 e. The van der Waals surface area contributed by atoms with Gasteiger partial charge in [-0.3, -0.25) is 10.2 Å². The van der Waals surface area contributed by atoms with E-state index in [0.29, 0.717) is 36.6 Å². The number of hydrogen-bond acceptors (Lipinski definition) is 7. The lowest BCUT2D eigenvalue weighted by Crippen LogP contribution is -2.38. The number of amides is 2. The van der Waals surface area contributed by atoms with E-state index in [9.17, 15) is 9.90 Å². The first-order valence-electron chi connectivity index (χ1n) is 11.2. The predicted octanol–water partition coefficient (Wildman–Crippen LogP) is 6.48. The number of anilines is 2. The van der Waals surface area contributed by atoms with Gasteiger partial charge in [0, 0.05) is 19.7 Å². The van der Waals surface area contributed by atoms with Gasteiger partial charge in [0.15, 0.2) is 10.9 Å². The molecule has 1 aliphatic carbocycles. The van der Waals surface area contributed by atoms with Crippen LogP contribution >= 0.6 is 23.1 Å². The molecule has 0 bridgehead atoms. The number of methoxy groups -OCH3 is 1. The lowest BCUT2D eigenvalue weighted by molar-refractivity contribution is 0.146. The highest BCUT2D eigenvalue weighted by molar-refractivity contribution is 8.02. The van der Waals surface area contributed by atoms with Gasteiger partial charge in [-0.1, -0.05) is 42.5 Å². The van der Waals surface area contributed by atoms with Gasteiger partial charge in [-0.05, 0) is 44.7 Å². The minimum Gasteiger partial charge on any atom is -0.511 e. The number of carbonyl (C=O) groups is 1. The van der Waals surface area contributed by atoms with E-state index in [2.05, 4.69) is 16.9 Å². The quantitative estimate of drug-likeness (QED) is 0.205. The molecule has 0 atom stereocenters. The van der Waals surface area contributed by atoms with E-state index >= 15 is 4.39 Å². The Balaban J connectivity index is 1.75. The van der Waals surface area contributed by atoms with Gasteiger partial charge >= 0.3 is 6.03 Å². The molecule has 0 spiro atoms. The van der Waals surface area contributed by atoms with Gasteiger partial charge in [-0.2, -0.15) is 0 Å². The van der Waals surface area contributed by atoms with E-state index in [4.69, 9.17) is 9.47 Å². The summed E-state index contributed by atoms with van der Waals surface area (Å²) < 4.78 is 25.8. The number of benzene rings is 1. The number of urea groups is 1. The summed E-state index contributed by atoms with van der Waals surface area (Å²) in [5.41, 5.74) is 0.201. The fraction of sp³-hybridized carbons (Fsp3) is 0.500. The normalized spacial score (nSPS) is 14.2. The SMILES string of the molecule is C=C(O)C(C)(C)Sc1cnc(NC(=O)N(CC2CCCC2)c2ccc(OCCOC)cc2F)s1. The number of carbonyl (C=O) groups excluding carboxylic acids is 1. The number of halogens is 1. The number of thiazole rings is 1. The van der Waals surface area contributed by atoms with Crippen LogP contribution in [0.15, 0.2) is 40.9 Å². The van der Waals surface area contributed by atoms with Crippen LogP contribution in [0.25, 0.3) is 0 Å². The zero-order chi connectivity index (χ0) is 24.7. The largest absolute Gasteiger partial charge is 0.511 e. The van der Waals surface area contributed by atoms with Crippen LogP contribution in [0, 0.1) is 11.7 Å². The molecule has 1 saturated carbocycles. The third-order valence-corrected chi connectivity index (χ3v) is 7.94. The molecule has 3 rings (SSSR count). The van der Waals surface area contributed by atoms with Crippen molar-refractivity contribution in [2.45, 2.75) is 48.5 Å². The van der Waals surface area contributed by atoms with Crippen LogP contribution in [0.3, 0.4) is 0 Å². The summed E-state index contributed by atoms with van der Waals surface area (Å²) in [6.45, 7) is 8.46. The van der Waals surface area contributed by atoms with Gasteiger partial charge in [0.05, 0.1) is 27.4 Å². The third-order valence-electron chi connectivity index (χ3n) is 5.68. The Bertz CT molecular complexity index is 992. The van der Waals surface area contributed by atoms with Crippen LogP contribution in [0.1, 0.15) is 39.5 Å². The summed E-state index contributed by atoms with van der Waals surface area (Å²) in [5, 5.41) is 13.0. The molecule has 34 heavy (non-hydrogen) atoms. The van der Waals surface area contributed by atoms with Crippen molar-refractivity contribution < 1.29 is 23.8 Å². The van der Waals surface area contributed by atoms with Gasteiger partial charge in [0.1, 0.15) is 18.1 Å². The summed E-state index contributed by atoms with van der Waals surface area (Å²) in [7, 11) is 1.57. The molecular formula is C24H32FN3O4S2. The number of hydrogen-bond donors (Lipinski definition) is 2. The Labute approximate surface area is 208 Å². The first kappa shape index (κ1) is 26.3. The molecule has 1 fully saturated rings. The summed E-state index contributed by atoms with van der Waals surface area (Å²) in [6.07, 6.45) is 5.91. The molecule has 0 saturated heterocycles. The van der Waals surface area contributed by atoms with Crippen molar-refractivity contribution in [1.82, 2.24) is 4.98 Å². The van der Waals surface area contributed by atoms with E-state index < -0.39 is 16.6 Å². The molecule has 1 aromatic heterocycles. The second kappa shape index (κ2) is 11.9. The minimum atomic E-state index is -0.585. The second-order valence-corrected chi connectivity index (χ2v) is 11.6. The number of aliphatic hydroxyl groups is 1. The summed E-state index contributed by atoms with van der Waals surface area (Å²) in [5.74, 6) is 0.238. The molecule has 7 nitrogen and oxygen atoms in total. The predicted molar refractivity (Wildman–Crippen MR) is 136 cm³/mol. The van der Waals surface area contributed by atoms with Gasteiger partial charge < -0.3 is 14.6 Å². The van der Waals surface area contributed by atoms with Crippen LogP contribution in [0.2, 0.25) is 0 Å². The third kappa shape index (κ3) is 7.10. The Hall–Kier alpha value is -2.30. The van der Waals surface area contributed by atoms with Crippen molar-refractivity contribution in [3.05, 3.63) is 42.6 Å². The van der Waals surface area contributed by atoms with Crippen LogP contribution in [0.5, 0.6) is 5.75 Å². The monoisotopic (exact) mass is 509 g/mol. The van der Waals surface area contributed by atoms with E-state index in [0.717, 1.165) is 29.9 Å². The number of nitrogens with zero attached hydrogens (tertiary/aromatic N) is 2. The number of ether oxygens (including phenoxy) is 2. The van der Waals surface area contributed by atoms with Crippen molar-refractivity contribution in [3.63, 3.8) is 0 Å². The Morgan fingerprint density at radius 1 is 1.38 bits per heavy atom. The van der Waals surface area contributed by atoms with Crippen molar-refractivity contribution in [3.8, 4) is 5.75 Å². The number of aromatic nitrogens is 1. The summed E-state index contributed by atoms with van der Waals surface area (Å²) in [4.78, 5) is 19.0. The Morgan fingerprint density at radius 3 is 2.76 bits per heavy atom. The van der Waals surface area contributed by atoms with E-state index in [-0.39, 0.29) is 11.4 Å². The van der Waals surface area contributed by atoms with E-state index in [1.807, 2.05) is 13.8 Å². The highest BCUT2D eigenvalue weighted by Gasteiger charge is 2.27. The molecule has 2 N–H and O–H groups in total. The summed E-state index contributed by atoms with van der Waals surface area (Å²) >= 11 is 2.70. The maximum Gasteiger partial charge on any atom is 0.328 e. The summed E-state index contributed by atoms with van der Waals surface area (Å²) in [6, 6.07) is 4.09. The molecule has 10 heteroatoms. The van der Waals surface area contributed by atoms with E-state index in [1.54, 1.807) is 25.4 Å². The average Bonchev–Trinajstić information content (AvgIpc) is 3.44. The highest BCUT2D eigenvalue weighted by atomic mass is 32.2. The maximum atomic E-state index is 15.1. The van der Waals surface area contributed by atoms with Crippen molar-refractivity contribution in [1.29, 1.82) is 0 Å². The van der Waals surface area contributed by atoms with Crippen molar-refractivity contribution >= 4 is 39.9 Å². The van der Waals surface area contributed by atoms with E-state index in [1.165, 1.54) is 34.1 Å². The molecule has 1 heterocycles. The lowest BCUT2D eigenvalue weighted by Gasteiger charge is -2.26. The first-order valence-corrected chi connectivity index (χ1v) is 12.9. The Kier molecular flexibility index (Phi) is 9.21. The van der Waals surface area contributed by atoms with Crippen LogP contribution < -0.4 is 15.0 Å². The van der Waals surface area contributed by atoms with Crippen LogP contribution in [0.4, 0.5) is 20.0 Å². The van der Waals surface area contributed by atoms with Gasteiger partial charge in [-0.25, -0.2) is 14.2 Å². The van der Waals surface area contributed by atoms with Gasteiger partial charge in [-0.15, -0.1) is 0 Å². The lowest BCUT2D eigenvalue weighted by atomic mass is 10.1. The zero-order valence-corrected chi connectivity index (χ0v) is 21.4.